The van der Waals surface area contributed by atoms with Crippen molar-refractivity contribution in [1.29, 1.82) is 0 Å². The maximum atomic E-state index is 12.2. The lowest BCUT2D eigenvalue weighted by Gasteiger charge is -2.30. The van der Waals surface area contributed by atoms with Crippen molar-refractivity contribution in [3.05, 3.63) is 35.9 Å². The van der Waals surface area contributed by atoms with Gasteiger partial charge in [0.2, 0.25) is 0 Å². The van der Waals surface area contributed by atoms with Crippen molar-refractivity contribution < 1.29 is 23.4 Å². The van der Waals surface area contributed by atoms with Gasteiger partial charge in [0.05, 0.1) is 6.04 Å². The molecule has 1 aromatic rings. The summed E-state index contributed by atoms with van der Waals surface area (Å²) in [5.41, 5.74) is 5.66. The summed E-state index contributed by atoms with van der Waals surface area (Å²) >= 11 is 0. The Kier molecular flexibility index (Phi) is 3.57. The molecular weight excluding hydrogens is 223 g/mol. The van der Waals surface area contributed by atoms with Crippen LogP contribution in [-0.2, 0) is 6.42 Å². The third-order valence-electron chi connectivity index (χ3n) is 2.23. The molecule has 0 fully saturated rings. The lowest BCUT2D eigenvalue weighted by atomic mass is 9.99. The van der Waals surface area contributed by atoms with Crippen molar-refractivity contribution in [2.24, 2.45) is 5.73 Å². The number of hydrogen-bond acceptors (Lipinski definition) is 3. The van der Waals surface area contributed by atoms with Gasteiger partial charge in [0.25, 0.3) is 5.79 Å². The van der Waals surface area contributed by atoms with E-state index in [-0.39, 0.29) is 6.42 Å². The second-order valence-corrected chi connectivity index (χ2v) is 3.52. The summed E-state index contributed by atoms with van der Waals surface area (Å²) < 4.78 is 36.6. The van der Waals surface area contributed by atoms with Crippen LogP contribution in [-0.4, -0.2) is 28.2 Å². The number of hydrogen-bond donors (Lipinski definition) is 3. The smallest absolute Gasteiger partial charge is 0.357 e. The predicted octanol–water partition coefficient (Wildman–Crippen LogP) is 0.800. The molecule has 1 aromatic carbocycles. The van der Waals surface area contributed by atoms with Gasteiger partial charge in [0, 0.05) is 0 Å². The monoisotopic (exact) mass is 235 g/mol. The molecule has 4 N–H and O–H groups in total. The molecule has 90 valence electrons. The van der Waals surface area contributed by atoms with Gasteiger partial charge < -0.3 is 15.9 Å². The van der Waals surface area contributed by atoms with Gasteiger partial charge in [-0.3, -0.25) is 0 Å². The van der Waals surface area contributed by atoms with Crippen LogP contribution in [0.4, 0.5) is 13.2 Å². The van der Waals surface area contributed by atoms with E-state index in [0.717, 1.165) is 0 Å². The van der Waals surface area contributed by atoms with E-state index in [4.69, 9.17) is 15.9 Å². The number of halogens is 3. The molecule has 0 spiro atoms. The summed E-state index contributed by atoms with van der Waals surface area (Å²) in [6.45, 7) is 0. The van der Waals surface area contributed by atoms with Crippen molar-refractivity contribution >= 4 is 0 Å². The summed E-state index contributed by atoms with van der Waals surface area (Å²) in [7, 11) is 0. The molecule has 0 unspecified atom stereocenters. The molecule has 0 bridgehead atoms. The molecular formula is C10H12F3NO2. The van der Waals surface area contributed by atoms with E-state index in [1.807, 2.05) is 0 Å². The Labute approximate surface area is 90.3 Å². The molecule has 0 amide bonds. The average Bonchev–Trinajstić information content (AvgIpc) is 2.17. The molecule has 3 nitrogen and oxygen atoms in total. The number of alkyl halides is 3. The van der Waals surface area contributed by atoms with Crippen LogP contribution in [0.15, 0.2) is 30.3 Å². The zero-order valence-corrected chi connectivity index (χ0v) is 8.28. The van der Waals surface area contributed by atoms with E-state index in [1.54, 1.807) is 30.3 Å². The van der Waals surface area contributed by atoms with Crippen LogP contribution in [0.1, 0.15) is 5.56 Å². The van der Waals surface area contributed by atoms with E-state index in [2.05, 4.69) is 0 Å². The van der Waals surface area contributed by atoms with Gasteiger partial charge in [-0.05, 0) is 12.0 Å². The van der Waals surface area contributed by atoms with Gasteiger partial charge in [-0.1, -0.05) is 30.3 Å². The molecule has 0 aromatic heterocycles. The van der Waals surface area contributed by atoms with E-state index in [1.165, 1.54) is 0 Å². The minimum Gasteiger partial charge on any atom is -0.357 e. The standard InChI is InChI=1S/C10H12F3NO2/c11-10(12,13)9(15,16)8(14)6-7-4-2-1-3-5-7/h1-5,8,15-16H,6,14H2/t8-/m0/s1. The van der Waals surface area contributed by atoms with Crippen LogP contribution in [0.5, 0.6) is 0 Å². The average molecular weight is 235 g/mol. The predicted molar refractivity (Wildman–Crippen MR) is 51.3 cm³/mol. The van der Waals surface area contributed by atoms with Crippen molar-refractivity contribution in [3.63, 3.8) is 0 Å². The normalized spacial score (nSPS) is 14.9. The molecule has 0 saturated carbocycles. The first kappa shape index (κ1) is 13.0. The van der Waals surface area contributed by atoms with Crippen LogP contribution >= 0.6 is 0 Å². The fraction of sp³-hybridized carbons (Fsp3) is 0.400. The highest BCUT2D eigenvalue weighted by atomic mass is 19.4. The number of benzene rings is 1. The lowest BCUT2D eigenvalue weighted by Crippen LogP contribution is -2.59. The van der Waals surface area contributed by atoms with E-state index in [0.29, 0.717) is 5.56 Å². The Balaban J connectivity index is 2.76. The van der Waals surface area contributed by atoms with E-state index >= 15 is 0 Å². The van der Waals surface area contributed by atoms with Crippen LogP contribution in [0.25, 0.3) is 0 Å². The Morgan fingerprint density at radius 2 is 1.62 bits per heavy atom. The van der Waals surface area contributed by atoms with Crippen LogP contribution < -0.4 is 5.73 Å². The molecule has 6 heteroatoms. The van der Waals surface area contributed by atoms with Gasteiger partial charge >= 0.3 is 6.18 Å². The Morgan fingerprint density at radius 1 is 1.12 bits per heavy atom. The summed E-state index contributed by atoms with van der Waals surface area (Å²) in [5.74, 6) is -3.87. The molecule has 0 heterocycles. The van der Waals surface area contributed by atoms with Crippen molar-refractivity contribution in [1.82, 2.24) is 0 Å². The fourth-order valence-electron chi connectivity index (χ4n) is 1.22. The molecule has 0 aliphatic rings. The van der Waals surface area contributed by atoms with Gasteiger partial charge in [-0.2, -0.15) is 13.2 Å². The molecule has 1 atom stereocenters. The van der Waals surface area contributed by atoms with Crippen LogP contribution in [0.2, 0.25) is 0 Å². The number of rotatable bonds is 3. The first-order valence-corrected chi connectivity index (χ1v) is 4.56. The maximum absolute atomic E-state index is 12.2. The largest absolute Gasteiger partial charge is 0.444 e. The van der Waals surface area contributed by atoms with E-state index < -0.39 is 18.0 Å². The number of nitrogens with two attached hydrogens (primary N) is 1. The molecule has 1 rings (SSSR count). The first-order chi connectivity index (χ1) is 7.25. The molecule has 0 aliphatic heterocycles. The van der Waals surface area contributed by atoms with Gasteiger partial charge in [0.1, 0.15) is 0 Å². The van der Waals surface area contributed by atoms with Gasteiger partial charge in [0.15, 0.2) is 0 Å². The summed E-state index contributed by atoms with van der Waals surface area (Å²) in [6, 6.07) is 6.26. The summed E-state index contributed by atoms with van der Waals surface area (Å²) in [4.78, 5) is 0. The quantitative estimate of drug-likeness (QED) is 0.679. The third-order valence-corrected chi connectivity index (χ3v) is 2.23. The summed E-state index contributed by atoms with van der Waals surface area (Å²) in [5, 5.41) is 17.8. The van der Waals surface area contributed by atoms with Crippen LogP contribution in [0, 0.1) is 0 Å². The van der Waals surface area contributed by atoms with Gasteiger partial charge in [-0.15, -0.1) is 0 Å². The van der Waals surface area contributed by atoms with Crippen molar-refractivity contribution in [3.8, 4) is 0 Å². The highest BCUT2D eigenvalue weighted by Gasteiger charge is 2.56. The molecule has 0 aliphatic carbocycles. The lowest BCUT2D eigenvalue weighted by molar-refractivity contribution is -0.356. The second kappa shape index (κ2) is 4.40. The number of aliphatic hydroxyl groups is 2. The van der Waals surface area contributed by atoms with Crippen LogP contribution in [0.3, 0.4) is 0 Å². The SMILES string of the molecule is N[C@@H](Cc1ccccc1)C(O)(O)C(F)(F)F. The third kappa shape index (κ3) is 2.72. The Morgan fingerprint density at radius 3 is 2.06 bits per heavy atom. The molecule has 16 heavy (non-hydrogen) atoms. The molecule has 0 saturated heterocycles. The van der Waals surface area contributed by atoms with Gasteiger partial charge in [-0.25, -0.2) is 0 Å². The topological polar surface area (TPSA) is 66.5 Å². The fourth-order valence-corrected chi connectivity index (χ4v) is 1.22. The minimum atomic E-state index is -5.17. The highest BCUT2D eigenvalue weighted by Crippen LogP contribution is 2.31. The first-order valence-electron chi connectivity index (χ1n) is 4.56. The second-order valence-electron chi connectivity index (χ2n) is 3.52. The van der Waals surface area contributed by atoms with E-state index in [9.17, 15) is 13.2 Å². The zero-order chi connectivity index (χ0) is 12.4. The zero-order valence-electron chi connectivity index (χ0n) is 8.28. The summed E-state index contributed by atoms with van der Waals surface area (Å²) in [6.07, 6.45) is -5.44. The molecule has 0 radical (unpaired) electrons. The van der Waals surface area contributed by atoms with Crippen molar-refractivity contribution in [2.75, 3.05) is 0 Å². The Hall–Kier alpha value is -1.11. The Bertz CT molecular complexity index is 338. The maximum Gasteiger partial charge on any atom is 0.444 e. The van der Waals surface area contributed by atoms with Crippen molar-refractivity contribution in [2.45, 2.75) is 24.4 Å². The minimum absolute atomic E-state index is 0.270. The highest BCUT2D eigenvalue weighted by molar-refractivity contribution is 5.16.